The summed E-state index contributed by atoms with van der Waals surface area (Å²) in [6.45, 7) is -3.49. The molecule has 0 radical (unpaired) electrons. The smallest absolute Gasteiger partial charge is 0.387 e. The number of amides is 1. The van der Waals surface area contributed by atoms with Crippen LogP contribution < -0.4 is 10.1 Å². The van der Waals surface area contributed by atoms with Crippen LogP contribution in [0.25, 0.3) is 0 Å². The van der Waals surface area contributed by atoms with E-state index in [0.29, 0.717) is 0 Å². The molecule has 7 heteroatoms. The Kier molecular flexibility index (Phi) is 6.31. The van der Waals surface area contributed by atoms with Crippen molar-refractivity contribution in [3.05, 3.63) is 29.8 Å². The monoisotopic (exact) mass is 327 g/mol. The summed E-state index contributed by atoms with van der Waals surface area (Å²) in [5.74, 6) is -1.54. The van der Waals surface area contributed by atoms with Gasteiger partial charge in [0.2, 0.25) is 0 Å². The Labute approximate surface area is 133 Å². The molecule has 23 heavy (non-hydrogen) atoms. The van der Waals surface area contributed by atoms with Crippen molar-refractivity contribution in [1.29, 1.82) is 0 Å². The number of hydrogen-bond acceptors (Lipinski definition) is 4. The number of esters is 1. The van der Waals surface area contributed by atoms with E-state index < -0.39 is 25.1 Å². The van der Waals surface area contributed by atoms with E-state index in [9.17, 15) is 18.4 Å². The second-order valence-electron chi connectivity index (χ2n) is 5.35. The van der Waals surface area contributed by atoms with Gasteiger partial charge >= 0.3 is 12.6 Å². The average molecular weight is 327 g/mol. The molecule has 1 amide bonds. The molecule has 1 N–H and O–H groups in total. The lowest BCUT2D eigenvalue weighted by Gasteiger charge is -2.22. The Bertz CT molecular complexity index is 545. The number of carbonyl (C=O) groups excluding carboxylic acids is 2. The average Bonchev–Trinajstić information content (AvgIpc) is 2.53. The third-order valence-electron chi connectivity index (χ3n) is 3.63. The van der Waals surface area contributed by atoms with Crippen molar-refractivity contribution in [3.63, 3.8) is 0 Å². The Balaban J connectivity index is 1.85. The summed E-state index contributed by atoms with van der Waals surface area (Å²) in [5, 5.41) is 2.81. The first kappa shape index (κ1) is 17.2. The van der Waals surface area contributed by atoms with Crippen molar-refractivity contribution in [2.24, 2.45) is 0 Å². The number of nitrogens with one attached hydrogen (secondary N) is 1. The second-order valence-corrected chi connectivity index (χ2v) is 5.35. The van der Waals surface area contributed by atoms with Gasteiger partial charge in [0.25, 0.3) is 5.91 Å². The molecule has 126 valence electrons. The van der Waals surface area contributed by atoms with Gasteiger partial charge in [0, 0.05) is 6.04 Å². The van der Waals surface area contributed by atoms with Crippen LogP contribution in [0.4, 0.5) is 8.78 Å². The predicted octanol–water partition coefficient (Wildman–Crippen LogP) is 2.89. The standard InChI is InChI=1S/C16H19F2NO4/c17-16(18)23-13-9-5-4-8-12(13)15(21)22-10-14(20)19-11-6-2-1-3-7-11/h4-5,8-9,11,16H,1-3,6-7,10H2,(H,19,20). The van der Waals surface area contributed by atoms with Gasteiger partial charge in [0.05, 0.1) is 0 Å². The first-order valence-corrected chi connectivity index (χ1v) is 7.56. The quantitative estimate of drug-likeness (QED) is 0.816. The minimum atomic E-state index is -3.04. The van der Waals surface area contributed by atoms with Crippen LogP contribution in [0.5, 0.6) is 5.75 Å². The third kappa shape index (κ3) is 5.50. The van der Waals surface area contributed by atoms with E-state index in [2.05, 4.69) is 10.1 Å². The molecule has 1 saturated carbocycles. The van der Waals surface area contributed by atoms with Gasteiger partial charge < -0.3 is 14.8 Å². The van der Waals surface area contributed by atoms with Gasteiger partial charge in [-0.25, -0.2) is 4.79 Å². The molecule has 5 nitrogen and oxygen atoms in total. The van der Waals surface area contributed by atoms with Crippen molar-refractivity contribution < 1.29 is 27.8 Å². The second kappa shape index (κ2) is 8.45. The van der Waals surface area contributed by atoms with Crippen molar-refractivity contribution in [2.75, 3.05) is 6.61 Å². The summed E-state index contributed by atoms with van der Waals surface area (Å²) in [6, 6.07) is 5.62. The molecular weight excluding hydrogens is 308 g/mol. The Hall–Kier alpha value is -2.18. The van der Waals surface area contributed by atoms with Crippen LogP contribution in [0.3, 0.4) is 0 Å². The zero-order valence-corrected chi connectivity index (χ0v) is 12.6. The van der Waals surface area contributed by atoms with Crippen LogP contribution in [0, 0.1) is 0 Å². The molecule has 0 atom stereocenters. The Morgan fingerprint density at radius 2 is 1.87 bits per heavy atom. The molecule has 0 aromatic heterocycles. The number of rotatable bonds is 6. The van der Waals surface area contributed by atoms with Crippen LogP contribution in [0.2, 0.25) is 0 Å². The first-order chi connectivity index (χ1) is 11.1. The van der Waals surface area contributed by atoms with E-state index in [1.165, 1.54) is 30.7 Å². The molecule has 1 aliphatic carbocycles. The molecule has 0 bridgehead atoms. The lowest BCUT2D eigenvalue weighted by Crippen LogP contribution is -2.38. The zero-order valence-electron chi connectivity index (χ0n) is 12.6. The van der Waals surface area contributed by atoms with Crippen LogP contribution in [0.1, 0.15) is 42.5 Å². The van der Waals surface area contributed by atoms with Crippen molar-refractivity contribution in [1.82, 2.24) is 5.32 Å². The predicted molar refractivity (Wildman–Crippen MR) is 78.4 cm³/mol. The van der Waals surface area contributed by atoms with Gasteiger partial charge in [-0.15, -0.1) is 0 Å². The molecular formula is C16H19F2NO4. The van der Waals surface area contributed by atoms with E-state index in [1.807, 2.05) is 0 Å². The van der Waals surface area contributed by atoms with Crippen molar-refractivity contribution in [2.45, 2.75) is 44.8 Å². The maximum atomic E-state index is 12.3. The molecule has 1 aromatic carbocycles. The molecule has 1 fully saturated rings. The van der Waals surface area contributed by atoms with E-state index >= 15 is 0 Å². The highest BCUT2D eigenvalue weighted by Gasteiger charge is 2.19. The lowest BCUT2D eigenvalue weighted by molar-refractivity contribution is -0.125. The van der Waals surface area contributed by atoms with Gasteiger partial charge in [-0.05, 0) is 25.0 Å². The highest BCUT2D eigenvalue weighted by atomic mass is 19.3. The third-order valence-corrected chi connectivity index (χ3v) is 3.63. The molecule has 1 aromatic rings. The SMILES string of the molecule is O=C(COC(=O)c1ccccc1OC(F)F)NC1CCCCC1. The highest BCUT2D eigenvalue weighted by molar-refractivity contribution is 5.94. The summed E-state index contributed by atoms with van der Waals surface area (Å²) in [4.78, 5) is 23.7. The molecule has 0 heterocycles. The number of alkyl halides is 2. The maximum absolute atomic E-state index is 12.3. The minimum Gasteiger partial charge on any atom is -0.452 e. The molecule has 0 saturated heterocycles. The fourth-order valence-electron chi connectivity index (χ4n) is 2.56. The van der Waals surface area contributed by atoms with E-state index in [-0.39, 0.29) is 17.4 Å². The van der Waals surface area contributed by atoms with Crippen LogP contribution >= 0.6 is 0 Å². The normalized spacial score (nSPS) is 15.3. The zero-order chi connectivity index (χ0) is 16.7. The lowest BCUT2D eigenvalue weighted by atomic mass is 9.95. The summed E-state index contributed by atoms with van der Waals surface area (Å²) in [6.07, 6.45) is 5.16. The number of halogens is 2. The van der Waals surface area contributed by atoms with Crippen molar-refractivity contribution >= 4 is 11.9 Å². The van der Waals surface area contributed by atoms with E-state index in [4.69, 9.17) is 4.74 Å². The van der Waals surface area contributed by atoms with Gasteiger partial charge in [-0.1, -0.05) is 31.4 Å². The fraction of sp³-hybridized carbons (Fsp3) is 0.500. The Morgan fingerprint density at radius 3 is 2.57 bits per heavy atom. The summed E-state index contributed by atoms with van der Waals surface area (Å²) in [7, 11) is 0. The number of carbonyl (C=O) groups is 2. The molecule has 0 aliphatic heterocycles. The largest absolute Gasteiger partial charge is 0.452 e. The van der Waals surface area contributed by atoms with Gasteiger partial charge in [0.15, 0.2) is 6.61 Å². The highest BCUT2D eigenvalue weighted by Crippen LogP contribution is 2.21. The number of hydrogen-bond donors (Lipinski definition) is 1. The van der Waals surface area contributed by atoms with Gasteiger partial charge in [-0.2, -0.15) is 8.78 Å². The summed E-state index contributed by atoms with van der Waals surface area (Å²) < 4.78 is 33.7. The first-order valence-electron chi connectivity index (χ1n) is 7.56. The van der Waals surface area contributed by atoms with E-state index in [1.54, 1.807) is 0 Å². The van der Waals surface area contributed by atoms with Crippen LogP contribution in [0.15, 0.2) is 24.3 Å². The number of benzene rings is 1. The molecule has 0 unspecified atom stereocenters. The minimum absolute atomic E-state index is 0.115. The fourth-order valence-corrected chi connectivity index (χ4v) is 2.56. The van der Waals surface area contributed by atoms with Crippen LogP contribution in [-0.4, -0.2) is 31.1 Å². The van der Waals surface area contributed by atoms with E-state index in [0.717, 1.165) is 25.7 Å². The molecule has 0 spiro atoms. The topological polar surface area (TPSA) is 64.6 Å². The molecule has 1 aliphatic rings. The van der Waals surface area contributed by atoms with Crippen molar-refractivity contribution in [3.8, 4) is 5.75 Å². The summed E-state index contributed by atoms with van der Waals surface area (Å²) >= 11 is 0. The number of ether oxygens (including phenoxy) is 2. The van der Waals surface area contributed by atoms with Crippen LogP contribution in [-0.2, 0) is 9.53 Å². The Morgan fingerprint density at radius 1 is 1.17 bits per heavy atom. The maximum Gasteiger partial charge on any atom is 0.387 e. The van der Waals surface area contributed by atoms with Gasteiger partial charge in [0.1, 0.15) is 11.3 Å². The molecule has 2 rings (SSSR count). The number of para-hydroxylation sites is 1. The van der Waals surface area contributed by atoms with Gasteiger partial charge in [-0.3, -0.25) is 4.79 Å². The summed E-state index contributed by atoms with van der Waals surface area (Å²) in [5.41, 5.74) is -0.140.